The van der Waals surface area contributed by atoms with E-state index in [0.717, 1.165) is 28.2 Å². The van der Waals surface area contributed by atoms with Crippen LogP contribution >= 0.6 is 0 Å². The smallest absolute Gasteiger partial charge is 0.454 e. The molecule has 0 saturated carbocycles. The number of ether oxygens (including phenoxy) is 5. The van der Waals surface area contributed by atoms with Crippen LogP contribution in [0.5, 0.6) is 23.0 Å². The predicted octanol–water partition coefficient (Wildman–Crippen LogP) is 3.14. The molecule has 3 heterocycles. The highest BCUT2D eigenvalue weighted by atomic mass is 16.7. The van der Waals surface area contributed by atoms with Crippen LogP contribution in [-0.4, -0.2) is 31.0 Å². The second-order valence-electron chi connectivity index (χ2n) is 6.05. The van der Waals surface area contributed by atoms with Crippen LogP contribution in [0, 0.1) is 0 Å². The summed E-state index contributed by atoms with van der Waals surface area (Å²) >= 11 is 0. The molecule has 26 heavy (non-hydrogen) atoms. The van der Waals surface area contributed by atoms with E-state index < -0.39 is 0 Å². The fourth-order valence-electron chi connectivity index (χ4n) is 3.09. The van der Waals surface area contributed by atoms with Crippen LogP contribution in [0.2, 0.25) is 0 Å². The first-order valence-corrected chi connectivity index (χ1v) is 8.17. The van der Waals surface area contributed by atoms with E-state index in [1.807, 2.05) is 48.6 Å². The molecule has 6 nitrogen and oxygen atoms in total. The van der Waals surface area contributed by atoms with E-state index in [2.05, 4.69) is 0 Å². The lowest BCUT2D eigenvalue weighted by atomic mass is 10.0. The number of fused-ring (bicyclic) bond motifs is 2. The zero-order chi connectivity index (χ0) is 17.5. The molecule has 2 aromatic carbocycles. The molecule has 0 spiro atoms. The van der Waals surface area contributed by atoms with Crippen LogP contribution in [0.3, 0.4) is 0 Å². The molecule has 0 bridgehead atoms. The molecule has 0 aromatic heterocycles. The van der Waals surface area contributed by atoms with Crippen molar-refractivity contribution < 1.29 is 28.5 Å². The fraction of sp³-hybridized carbons (Fsp3) is 0.150. The van der Waals surface area contributed by atoms with E-state index in [1.54, 1.807) is 0 Å². The van der Waals surface area contributed by atoms with Gasteiger partial charge in [-0.05, 0) is 47.5 Å². The summed E-state index contributed by atoms with van der Waals surface area (Å²) in [4.78, 5) is 10.1. The second kappa shape index (κ2) is 5.84. The molecule has 5 rings (SSSR count). The Labute approximate surface area is 149 Å². The Morgan fingerprint density at radius 2 is 1.27 bits per heavy atom. The normalized spacial score (nSPS) is 20.1. The highest BCUT2D eigenvalue weighted by Gasteiger charge is 2.33. The zero-order valence-electron chi connectivity index (χ0n) is 13.7. The third kappa shape index (κ3) is 2.56. The number of hydrogen-bond acceptors (Lipinski definition) is 5. The lowest BCUT2D eigenvalue weighted by molar-refractivity contribution is 0.173. The van der Waals surface area contributed by atoms with Gasteiger partial charge in [-0.2, -0.15) is 0 Å². The van der Waals surface area contributed by atoms with Gasteiger partial charge in [0, 0.05) is 5.57 Å². The molecule has 3 aliphatic rings. The maximum absolute atomic E-state index is 10.1. The molecule has 2 aromatic rings. The van der Waals surface area contributed by atoms with E-state index in [-0.39, 0.29) is 19.6 Å². The molecule has 1 saturated heterocycles. The number of benzene rings is 2. The average molecular weight is 351 g/mol. The Bertz CT molecular complexity index is 972. The van der Waals surface area contributed by atoms with Crippen LogP contribution in [-0.2, 0) is 4.74 Å². The predicted molar refractivity (Wildman–Crippen MR) is 94.0 cm³/mol. The van der Waals surface area contributed by atoms with E-state index in [4.69, 9.17) is 23.7 Å². The molecule has 6 heteroatoms. The molecule has 0 unspecified atom stereocenters. The third-order valence-electron chi connectivity index (χ3n) is 4.39. The quantitative estimate of drug-likeness (QED) is 0.472. The summed E-state index contributed by atoms with van der Waals surface area (Å²) in [5.41, 5.74) is 3.34. The molecule has 0 radical (unpaired) electrons. The maximum Gasteiger partial charge on any atom is 0.518 e. The highest BCUT2D eigenvalue weighted by Crippen LogP contribution is 2.36. The van der Waals surface area contributed by atoms with Gasteiger partial charge in [-0.25, -0.2) is 0 Å². The van der Waals surface area contributed by atoms with Crippen molar-refractivity contribution in [2.45, 2.75) is 0 Å². The summed E-state index contributed by atoms with van der Waals surface area (Å²) < 4.78 is 26.8. The molecule has 0 aliphatic carbocycles. The number of rotatable bonds is 2. The molecule has 0 amide bonds. The van der Waals surface area contributed by atoms with Gasteiger partial charge in [0.2, 0.25) is 20.2 Å². The van der Waals surface area contributed by atoms with Gasteiger partial charge in [-0.3, -0.25) is 0 Å². The van der Waals surface area contributed by atoms with Gasteiger partial charge >= 0.3 is 5.97 Å². The number of carbonyl (C=O) groups excluding carboxylic acids is 1. The van der Waals surface area contributed by atoms with Crippen molar-refractivity contribution in [2.24, 2.45) is 0 Å². The SMILES string of the molecule is [OH+]=C1OCC(=C/c2ccc3c(c2)OCO3)/C1=C\c1ccc2c(c1)OCO2. The van der Waals surface area contributed by atoms with Crippen molar-refractivity contribution in [1.82, 2.24) is 0 Å². The Kier molecular flexibility index (Phi) is 3.35. The van der Waals surface area contributed by atoms with Crippen LogP contribution in [0.1, 0.15) is 11.1 Å². The second-order valence-corrected chi connectivity index (χ2v) is 6.05. The van der Waals surface area contributed by atoms with Crippen LogP contribution in [0.4, 0.5) is 0 Å². The standard InChI is InChI=1S/C20H14O6/c21-20-15(6-13-2-4-17-19(8-13)26-11-24-17)14(9-22-20)5-12-1-3-16-18(7-12)25-10-23-16/h1-8H,9-11H2/p+1/b14-5-,15-6+. The lowest BCUT2D eigenvalue weighted by Gasteiger charge is -2.00. The van der Waals surface area contributed by atoms with Crippen molar-refractivity contribution in [3.63, 3.8) is 0 Å². The van der Waals surface area contributed by atoms with Gasteiger partial charge in [0.05, 0.1) is 0 Å². The molecule has 1 N–H and O–H groups in total. The monoisotopic (exact) mass is 351 g/mol. The minimum atomic E-state index is -0.0883. The Morgan fingerprint density at radius 3 is 1.92 bits per heavy atom. The van der Waals surface area contributed by atoms with Gasteiger partial charge < -0.3 is 28.5 Å². The van der Waals surface area contributed by atoms with E-state index >= 15 is 0 Å². The van der Waals surface area contributed by atoms with E-state index in [0.29, 0.717) is 23.7 Å². The van der Waals surface area contributed by atoms with Gasteiger partial charge in [0.25, 0.3) is 0 Å². The van der Waals surface area contributed by atoms with Crippen molar-refractivity contribution in [1.29, 1.82) is 0 Å². The van der Waals surface area contributed by atoms with Crippen molar-refractivity contribution in [3.8, 4) is 23.0 Å². The summed E-state index contributed by atoms with van der Waals surface area (Å²) in [6.07, 6.45) is 3.83. The first kappa shape index (κ1) is 14.9. The minimum absolute atomic E-state index is 0.0883. The molecular formula is C20H15O6+. The summed E-state index contributed by atoms with van der Waals surface area (Å²) in [7, 11) is 0. The van der Waals surface area contributed by atoms with E-state index in [1.165, 1.54) is 0 Å². The summed E-state index contributed by atoms with van der Waals surface area (Å²) in [6.45, 7) is 0.768. The van der Waals surface area contributed by atoms with E-state index in [9.17, 15) is 4.79 Å². The fourth-order valence-corrected chi connectivity index (χ4v) is 3.09. The Hall–Kier alpha value is -3.41. The molecular weight excluding hydrogens is 336 g/mol. The minimum Gasteiger partial charge on any atom is -0.454 e. The van der Waals surface area contributed by atoms with Crippen LogP contribution < -0.4 is 18.9 Å². The van der Waals surface area contributed by atoms with Gasteiger partial charge in [-0.1, -0.05) is 12.1 Å². The molecule has 1 fully saturated rings. The molecule has 3 aliphatic heterocycles. The van der Waals surface area contributed by atoms with Crippen molar-refractivity contribution in [2.75, 3.05) is 20.2 Å². The zero-order valence-corrected chi connectivity index (χ0v) is 13.7. The average Bonchev–Trinajstić information content (AvgIpc) is 3.37. The van der Waals surface area contributed by atoms with Gasteiger partial charge in [-0.15, -0.1) is 0 Å². The summed E-state index contributed by atoms with van der Waals surface area (Å²) in [5, 5.41) is 0. The van der Waals surface area contributed by atoms with Crippen LogP contribution in [0.25, 0.3) is 12.2 Å². The Morgan fingerprint density at radius 1 is 0.692 bits per heavy atom. The molecule has 0 atom stereocenters. The number of hydrogen-bond donors (Lipinski definition) is 0. The number of esters is 1. The Balaban J connectivity index is 1.49. The lowest BCUT2D eigenvalue weighted by Crippen LogP contribution is -1.96. The number of cyclic esters (lactones) is 1. The first-order chi connectivity index (χ1) is 12.8. The largest absolute Gasteiger partial charge is 0.518 e. The van der Waals surface area contributed by atoms with Crippen molar-refractivity contribution in [3.05, 3.63) is 58.7 Å². The maximum atomic E-state index is 10.1. The highest BCUT2D eigenvalue weighted by molar-refractivity contribution is 6.03. The van der Waals surface area contributed by atoms with Crippen LogP contribution in [0.15, 0.2) is 47.5 Å². The van der Waals surface area contributed by atoms with Gasteiger partial charge in [0.15, 0.2) is 23.0 Å². The van der Waals surface area contributed by atoms with Crippen molar-refractivity contribution >= 4 is 18.1 Å². The molecule has 130 valence electrons. The topological polar surface area (TPSA) is 67.6 Å². The summed E-state index contributed by atoms with van der Waals surface area (Å²) in [5.74, 6) is 2.78. The first-order valence-electron chi connectivity index (χ1n) is 8.17. The van der Waals surface area contributed by atoms with Gasteiger partial charge in [0.1, 0.15) is 5.57 Å². The summed E-state index contributed by atoms with van der Waals surface area (Å²) in [6, 6.07) is 11.3. The third-order valence-corrected chi connectivity index (χ3v) is 4.39.